The SMILES string of the molecule is CC(C)(C)OC(=O)N1CCC(CN)(CO)CC1.CC(C)(C)OC(=O)N1CCC(CO)(CCC(=O)C(F)(F)F)CC1.O=C(CCC1(CO)CCNCC1)C(F)(F)F.O=C(NCC1(CO)CCN(Cc2cc(Cl)c(Cl)cc2O)CC1)C(F)(F)F. The molecular weight excluding hydrogens is 1150 g/mol. The van der Waals surface area contributed by atoms with Crippen LogP contribution in [0.3, 0.4) is 0 Å². The lowest BCUT2D eigenvalue weighted by atomic mass is 9.75. The summed E-state index contributed by atoms with van der Waals surface area (Å²) in [5.74, 6) is -5.47. The number of Topliss-reactive ketones (excluding diaryl/α,β-unsaturated/α-hetero) is 2. The number of hydrogen-bond acceptors (Lipinski definition) is 15. The van der Waals surface area contributed by atoms with Crippen molar-refractivity contribution in [2.75, 3.05) is 91.9 Å². The van der Waals surface area contributed by atoms with E-state index in [0.717, 1.165) is 12.8 Å². The van der Waals surface area contributed by atoms with Gasteiger partial charge in [-0.15, -0.1) is 0 Å². The highest BCUT2D eigenvalue weighted by molar-refractivity contribution is 6.42. The van der Waals surface area contributed by atoms with Gasteiger partial charge in [-0.1, -0.05) is 23.2 Å². The van der Waals surface area contributed by atoms with Crippen molar-refractivity contribution >= 4 is 52.9 Å². The number of rotatable bonds is 15. The Kier molecular flexibility index (Phi) is 28.4. The molecule has 4 heterocycles. The zero-order chi connectivity index (χ0) is 62.8. The van der Waals surface area contributed by atoms with E-state index in [-0.39, 0.29) is 81.2 Å². The van der Waals surface area contributed by atoms with Crippen LogP contribution in [0.5, 0.6) is 5.75 Å². The van der Waals surface area contributed by atoms with Gasteiger partial charge in [-0.3, -0.25) is 19.3 Å². The lowest BCUT2D eigenvalue weighted by molar-refractivity contribution is -0.174. The van der Waals surface area contributed by atoms with E-state index in [0.29, 0.717) is 101 Å². The first-order chi connectivity index (χ1) is 37.7. The van der Waals surface area contributed by atoms with Gasteiger partial charge < -0.3 is 61.2 Å². The Morgan fingerprint density at radius 3 is 1.30 bits per heavy atom. The Balaban J connectivity index is 0.000000381. The maximum absolute atomic E-state index is 12.3. The van der Waals surface area contributed by atoms with E-state index in [1.54, 1.807) is 31.7 Å². The van der Waals surface area contributed by atoms with Crippen molar-refractivity contribution in [2.45, 2.75) is 155 Å². The Labute approximate surface area is 482 Å². The molecule has 0 atom stereocenters. The van der Waals surface area contributed by atoms with Gasteiger partial charge >= 0.3 is 36.6 Å². The molecule has 9 N–H and O–H groups in total. The van der Waals surface area contributed by atoms with Crippen LogP contribution in [0.15, 0.2) is 12.1 Å². The zero-order valence-electron chi connectivity index (χ0n) is 47.4. The largest absolute Gasteiger partial charge is 0.508 e. The third-order valence-corrected chi connectivity index (χ3v) is 15.8. The van der Waals surface area contributed by atoms with E-state index in [1.807, 2.05) is 31.0 Å². The minimum atomic E-state index is -4.94. The molecule has 1 aromatic rings. The summed E-state index contributed by atoms with van der Waals surface area (Å²) in [5, 5.41) is 53.2. The highest BCUT2D eigenvalue weighted by Gasteiger charge is 2.44. The molecule has 0 spiro atoms. The van der Waals surface area contributed by atoms with Crippen LogP contribution < -0.4 is 16.4 Å². The molecule has 0 unspecified atom stereocenters. The van der Waals surface area contributed by atoms with E-state index in [1.165, 1.54) is 11.0 Å². The van der Waals surface area contributed by atoms with E-state index in [4.69, 9.17) is 38.4 Å². The zero-order valence-corrected chi connectivity index (χ0v) is 48.9. The topological polar surface area (TPSA) is 265 Å². The quantitative estimate of drug-likeness (QED) is 0.0772. The average Bonchev–Trinajstić information content (AvgIpc) is 3.40. The minimum Gasteiger partial charge on any atom is -0.508 e. The first-order valence-electron chi connectivity index (χ1n) is 26.9. The summed E-state index contributed by atoms with van der Waals surface area (Å²) in [6, 6.07) is 2.92. The van der Waals surface area contributed by atoms with Crippen molar-refractivity contribution in [1.29, 1.82) is 0 Å². The van der Waals surface area contributed by atoms with Gasteiger partial charge in [0.05, 0.1) is 23.3 Å². The number of aliphatic hydroxyl groups is 4. The number of piperidine rings is 4. The predicted molar refractivity (Wildman–Crippen MR) is 286 cm³/mol. The van der Waals surface area contributed by atoms with Crippen LogP contribution in [-0.4, -0.2) is 191 Å². The van der Waals surface area contributed by atoms with Crippen LogP contribution in [0.25, 0.3) is 0 Å². The molecule has 4 saturated heterocycles. The predicted octanol–water partition coefficient (Wildman–Crippen LogP) is 8.07. The van der Waals surface area contributed by atoms with E-state index < -0.39 is 82.4 Å². The molecule has 82 heavy (non-hydrogen) atoms. The molecule has 0 bridgehead atoms. The lowest BCUT2D eigenvalue weighted by Gasteiger charge is -2.41. The number of nitrogens with zero attached hydrogens (tertiary/aromatic N) is 3. The summed E-state index contributed by atoms with van der Waals surface area (Å²) in [5.41, 5.74) is 2.91. The minimum absolute atomic E-state index is 0.0100. The summed E-state index contributed by atoms with van der Waals surface area (Å²) >= 11 is 11.8. The molecule has 474 valence electrons. The van der Waals surface area contributed by atoms with Crippen LogP contribution in [0.1, 0.15) is 124 Å². The van der Waals surface area contributed by atoms with Gasteiger partial charge in [-0.25, -0.2) is 9.59 Å². The normalized spacial score (nSPS) is 19.1. The molecule has 0 aliphatic carbocycles. The molecule has 1 aromatic carbocycles. The number of amides is 3. The number of likely N-dealkylation sites (tertiary alicyclic amines) is 3. The third kappa shape index (κ3) is 24.9. The summed E-state index contributed by atoms with van der Waals surface area (Å²) in [7, 11) is 0. The Bertz CT molecular complexity index is 2200. The number of aliphatic hydroxyl groups excluding tert-OH is 4. The van der Waals surface area contributed by atoms with Crippen LogP contribution >= 0.6 is 23.2 Å². The van der Waals surface area contributed by atoms with Crippen molar-refractivity contribution in [3.8, 4) is 5.75 Å². The average molecular weight is 1240 g/mol. The Morgan fingerprint density at radius 2 is 0.951 bits per heavy atom. The second kappa shape index (κ2) is 31.4. The summed E-state index contributed by atoms with van der Waals surface area (Å²) in [4.78, 5) is 61.6. The number of carbonyl (C=O) groups excluding carboxylic acids is 5. The fraction of sp³-hybridized carbons (Fsp3) is 0.792. The number of phenols is 1. The number of phenolic OH excluding ortho intramolecular Hbond substituents is 1. The van der Waals surface area contributed by atoms with Crippen molar-refractivity contribution in [3.63, 3.8) is 0 Å². The second-order valence-electron chi connectivity index (χ2n) is 23.7. The third-order valence-electron chi connectivity index (χ3n) is 15.1. The van der Waals surface area contributed by atoms with Crippen LogP contribution in [0.4, 0.5) is 49.1 Å². The Morgan fingerprint density at radius 1 is 0.585 bits per heavy atom. The lowest BCUT2D eigenvalue weighted by Crippen LogP contribution is -2.50. The molecular formula is C53H83Cl2F9N6O12. The van der Waals surface area contributed by atoms with Crippen molar-refractivity contribution < 1.29 is 98.5 Å². The van der Waals surface area contributed by atoms with Gasteiger partial charge in [0.25, 0.3) is 0 Å². The molecule has 4 fully saturated rings. The molecule has 4 aliphatic rings. The Hall–Kier alpha value is -3.96. The van der Waals surface area contributed by atoms with Gasteiger partial charge in [0.2, 0.25) is 11.6 Å². The molecule has 5 rings (SSSR count). The van der Waals surface area contributed by atoms with Gasteiger partial charge in [0.1, 0.15) is 17.0 Å². The maximum Gasteiger partial charge on any atom is 0.471 e. The highest BCUT2D eigenvalue weighted by atomic mass is 35.5. The number of nitrogens with one attached hydrogen (secondary N) is 2. The maximum atomic E-state index is 12.3. The standard InChI is InChI=1S/C16H19Cl2F3N2O3.C15H24F3NO4.C12H24N2O3.C10H16F3NO2/c17-11-5-10(13(25)6-12(11)18)7-23-3-1-15(9-24,2-4-23)8-22-14(26)16(19,20)21;1-13(2,3)23-12(22)19-8-6-14(10-20,7-9-19)5-4-11(21)15(16,17)18;1-11(2,3)17-10(16)14-6-4-12(8-13,9-15)5-7-14;11-10(12,13)8(16)1-2-9(7-15)3-5-14-6-4-9/h5-6,24-25H,1-4,7-9H2,(H,22,26);20H,4-10H2,1-3H3;15H,4-9,13H2,1-3H3;14-15H,1-7H2. The first-order valence-corrected chi connectivity index (χ1v) is 27.7. The van der Waals surface area contributed by atoms with Crippen molar-refractivity contribution in [2.24, 2.45) is 27.4 Å². The van der Waals surface area contributed by atoms with Crippen molar-refractivity contribution in [3.05, 3.63) is 27.7 Å². The van der Waals surface area contributed by atoms with Crippen LogP contribution in [0, 0.1) is 21.7 Å². The molecule has 4 aliphatic heterocycles. The number of halogens is 11. The summed E-state index contributed by atoms with van der Waals surface area (Å²) < 4.78 is 120. The highest BCUT2D eigenvalue weighted by Crippen LogP contribution is 2.39. The van der Waals surface area contributed by atoms with Gasteiger partial charge in [-0.05, 0) is 149 Å². The van der Waals surface area contributed by atoms with Crippen molar-refractivity contribution in [1.82, 2.24) is 25.3 Å². The first kappa shape index (κ1) is 74.1. The number of benzene rings is 1. The number of carbonyl (C=O) groups is 5. The number of hydrogen-bond donors (Lipinski definition) is 8. The monoisotopic (exact) mass is 1240 g/mol. The van der Waals surface area contributed by atoms with Gasteiger partial charge in [0.15, 0.2) is 0 Å². The fourth-order valence-electron chi connectivity index (χ4n) is 9.27. The number of ether oxygens (including phenoxy) is 2. The fourth-order valence-corrected chi connectivity index (χ4v) is 9.61. The number of ketones is 2. The molecule has 18 nitrogen and oxygen atoms in total. The molecule has 0 radical (unpaired) electrons. The van der Waals surface area contributed by atoms with Crippen LogP contribution in [0.2, 0.25) is 10.0 Å². The molecule has 0 aromatic heterocycles. The molecule has 0 saturated carbocycles. The van der Waals surface area contributed by atoms with E-state index in [2.05, 4.69) is 5.32 Å². The number of nitrogens with two attached hydrogens (primary N) is 1. The van der Waals surface area contributed by atoms with E-state index in [9.17, 15) is 89.0 Å². The summed E-state index contributed by atoms with van der Waals surface area (Å²) in [6.07, 6.45) is -12.2. The van der Waals surface area contributed by atoms with Gasteiger partial charge in [-0.2, -0.15) is 39.5 Å². The van der Waals surface area contributed by atoms with E-state index >= 15 is 0 Å². The molecule has 3 amide bonds. The summed E-state index contributed by atoms with van der Waals surface area (Å²) in [6.45, 7) is 14.8. The second-order valence-corrected chi connectivity index (χ2v) is 24.5. The smallest absolute Gasteiger partial charge is 0.471 e. The number of aromatic hydroxyl groups is 1. The van der Waals surface area contributed by atoms with Gasteiger partial charge in [0, 0.05) is 94.3 Å². The van der Waals surface area contributed by atoms with Crippen LogP contribution in [-0.2, 0) is 30.4 Å². The number of alkyl halides is 9. The molecule has 29 heteroatoms.